The minimum atomic E-state index is -0.781. The number of H-pyrrole nitrogens is 1. The van der Waals surface area contributed by atoms with Crippen molar-refractivity contribution >= 4 is 11.8 Å². The molecule has 0 aliphatic rings. The Morgan fingerprint density at radius 1 is 1.32 bits per heavy atom. The average molecular weight is 258 g/mol. The predicted octanol–water partition coefficient (Wildman–Crippen LogP) is 0.236. The highest BCUT2D eigenvalue weighted by atomic mass is 16.2. The van der Waals surface area contributed by atoms with Gasteiger partial charge in [0.25, 0.3) is 5.91 Å². The van der Waals surface area contributed by atoms with Gasteiger partial charge in [0.2, 0.25) is 5.91 Å². The van der Waals surface area contributed by atoms with Gasteiger partial charge >= 0.3 is 0 Å². The van der Waals surface area contributed by atoms with Gasteiger partial charge in [-0.15, -0.1) is 0 Å². The smallest absolute Gasteiger partial charge is 0.251 e. The number of aromatic amines is 1. The van der Waals surface area contributed by atoms with Crippen LogP contribution in [0.25, 0.3) is 0 Å². The van der Waals surface area contributed by atoms with Crippen LogP contribution in [0.1, 0.15) is 16.1 Å². The predicted molar refractivity (Wildman–Crippen MR) is 69.2 cm³/mol. The second-order valence-electron chi connectivity index (χ2n) is 4.06. The van der Waals surface area contributed by atoms with Gasteiger partial charge in [0.15, 0.2) is 0 Å². The first-order valence-electron chi connectivity index (χ1n) is 5.79. The minimum absolute atomic E-state index is 0.261. The van der Waals surface area contributed by atoms with Crippen LogP contribution in [0.5, 0.6) is 0 Å². The van der Waals surface area contributed by atoms with Crippen molar-refractivity contribution < 1.29 is 9.59 Å². The third-order valence-electron chi connectivity index (χ3n) is 2.65. The van der Waals surface area contributed by atoms with E-state index in [-0.39, 0.29) is 12.3 Å². The highest BCUT2D eigenvalue weighted by Crippen LogP contribution is 2.02. The molecule has 1 aromatic heterocycles. The van der Waals surface area contributed by atoms with Crippen molar-refractivity contribution in [3.8, 4) is 0 Å². The molecular weight excluding hydrogens is 244 g/mol. The zero-order chi connectivity index (χ0) is 13.7. The molecular formula is C13H14N4O2. The second-order valence-corrected chi connectivity index (χ2v) is 4.06. The van der Waals surface area contributed by atoms with E-state index in [0.29, 0.717) is 11.3 Å². The van der Waals surface area contributed by atoms with Crippen LogP contribution < -0.4 is 11.1 Å². The van der Waals surface area contributed by atoms with Crippen LogP contribution in [0.4, 0.5) is 0 Å². The number of hydrogen-bond donors (Lipinski definition) is 3. The molecule has 6 nitrogen and oxygen atoms in total. The third-order valence-corrected chi connectivity index (χ3v) is 2.65. The van der Waals surface area contributed by atoms with Gasteiger partial charge in [-0.3, -0.25) is 9.59 Å². The maximum absolute atomic E-state index is 11.9. The fourth-order valence-corrected chi connectivity index (χ4v) is 1.67. The van der Waals surface area contributed by atoms with E-state index in [1.807, 2.05) is 6.07 Å². The third kappa shape index (κ3) is 3.41. The van der Waals surface area contributed by atoms with E-state index in [1.165, 1.54) is 6.33 Å². The molecule has 2 amide bonds. The van der Waals surface area contributed by atoms with Crippen molar-refractivity contribution in [2.45, 2.75) is 12.5 Å². The highest BCUT2D eigenvalue weighted by molar-refractivity contribution is 5.97. The van der Waals surface area contributed by atoms with Gasteiger partial charge in [-0.25, -0.2) is 4.98 Å². The number of carbonyl (C=O) groups is 2. The molecule has 2 aromatic rings. The van der Waals surface area contributed by atoms with Crippen LogP contribution >= 0.6 is 0 Å². The van der Waals surface area contributed by atoms with Crippen LogP contribution in [0.2, 0.25) is 0 Å². The summed E-state index contributed by atoms with van der Waals surface area (Å²) in [6, 6.07) is 7.87. The molecule has 0 fully saturated rings. The van der Waals surface area contributed by atoms with E-state index in [0.717, 1.165) is 0 Å². The quantitative estimate of drug-likeness (QED) is 0.715. The van der Waals surface area contributed by atoms with Gasteiger partial charge in [0.05, 0.1) is 12.0 Å². The first-order chi connectivity index (χ1) is 9.16. The number of amides is 2. The van der Waals surface area contributed by atoms with Gasteiger partial charge in [-0.1, -0.05) is 18.2 Å². The van der Waals surface area contributed by atoms with Crippen LogP contribution in [0, 0.1) is 0 Å². The second kappa shape index (κ2) is 5.81. The standard InChI is InChI=1S/C13H14N4O2/c14-12(18)11(6-10-7-15-8-16-10)17-13(19)9-4-2-1-3-5-9/h1-5,7-8,11H,6H2,(H2,14,18)(H,15,16)(H,17,19). The largest absolute Gasteiger partial charge is 0.368 e. The number of primary amides is 1. The lowest BCUT2D eigenvalue weighted by molar-refractivity contribution is -0.119. The number of hydrogen-bond acceptors (Lipinski definition) is 3. The monoisotopic (exact) mass is 258 g/mol. The van der Waals surface area contributed by atoms with Crippen molar-refractivity contribution in [2.24, 2.45) is 5.73 Å². The molecule has 1 aromatic carbocycles. The Hall–Kier alpha value is -2.63. The Morgan fingerprint density at radius 3 is 2.63 bits per heavy atom. The van der Waals surface area contributed by atoms with Crippen molar-refractivity contribution in [2.75, 3.05) is 0 Å². The number of benzene rings is 1. The maximum Gasteiger partial charge on any atom is 0.251 e. The van der Waals surface area contributed by atoms with Crippen molar-refractivity contribution in [1.82, 2.24) is 15.3 Å². The topological polar surface area (TPSA) is 101 Å². The molecule has 0 aliphatic carbocycles. The van der Waals surface area contributed by atoms with Crippen LogP contribution in [-0.4, -0.2) is 27.8 Å². The Bertz CT molecular complexity index is 551. The number of rotatable bonds is 5. The molecule has 6 heteroatoms. The van der Waals surface area contributed by atoms with Gasteiger partial charge in [-0.05, 0) is 12.1 Å². The molecule has 19 heavy (non-hydrogen) atoms. The number of nitrogens with zero attached hydrogens (tertiary/aromatic N) is 1. The Morgan fingerprint density at radius 2 is 2.05 bits per heavy atom. The fourth-order valence-electron chi connectivity index (χ4n) is 1.67. The first kappa shape index (κ1) is 12.8. The molecule has 98 valence electrons. The molecule has 0 aliphatic heterocycles. The number of nitrogens with two attached hydrogens (primary N) is 1. The van der Waals surface area contributed by atoms with Gasteiger partial charge in [-0.2, -0.15) is 0 Å². The van der Waals surface area contributed by atoms with Gasteiger partial charge in [0, 0.05) is 18.2 Å². The first-order valence-corrected chi connectivity index (χ1v) is 5.79. The lowest BCUT2D eigenvalue weighted by Gasteiger charge is -2.14. The average Bonchev–Trinajstić information content (AvgIpc) is 2.91. The van der Waals surface area contributed by atoms with Gasteiger partial charge in [0.1, 0.15) is 6.04 Å². The van der Waals surface area contributed by atoms with Crippen molar-refractivity contribution in [3.63, 3.8) is 0 Å². The molecule has 0 saturated carbocycles. The minimum Gasteiger partial charge on any atom is -0.368 e. The Balaban J connectivity index is 2.05. The molecule has 4 N–H and O–H groups in total. The number of nitrogens with one attached hydrogen (secondary N) is 2. The zero-order valence-electron chi connectivity index (χ0n) is 10.2. The normalized spacial score (nSPS) is 11.8. The molecule has 1 atom stereocenters. The summed E-state index contributed by atoms with van der Waals surface area (Å²) in [5, 5.41) is 2.60. The van der Waals surface area contributed by atoms with E-state index in [2.05, 4.69) is 15.3 Å². The van der Waals surface area contributed by atoms with Crippen LogP contribution in [-0.2, 0) is 11.2 Å². The SMILES string of the molecule is NC(=O)C(Cc1c[nH]cn1)NC(=O)c1ccccc1. The van der Waals surface area contributed by atoms with E-state index in [1.54, 1.807) is 30.5 Å². The summed E-state index contributed by atoms with van der Waals surface area (Å²) in [6.07, 6.45) is 3.43. The lowest BCUT2D eigenvalue weighted by Crippen LogP contribution is -2.45. The summed E-state index contributed by atoms with van der Waals surface area (Å²) >= 11 is 0. The van der Waals surface area contributed by atoms with E-state index < -0.39 is 11.9 Å². The van der Waals surface area contributed by atoms with E-state index >= 15 is 0 Å². The fraction of sp³-hybridized carbons (Fsp3) is 0.154. The number of imidazole rings is 1. The summed E-state index contributed by atoms with van der Waals surface area (Å²) in [6.45, 7) is 0. The number of aromatic nitrogens is 2. The maximum atomic E-state index is 11.9. The van der Waals surface area contributed by atoms with Crippen LogP contribution in [0.15, 0.2) is 42.9 Å². The highest BCUT2D eigenvalue weighted by Gasteiger charge is 2.20. The van der Waals surface area contributed by atoms with E-state index in [4.69, 9.17) is 5.73 Å². The Kier molecular flexibility index (Phi) is 3.92. The van der Waals surface area contributed by atoms with Crippen LogP contribution in [0.3, 0.4) is 0 Å². The summed E-state index contributed by atoms with van der Waals surface area (Å²) in [5.41, 5.74) is 6.43. The summed E-state index contributed by atoms with van der Waals surface area (Å²) in [4.78, 5) is 30.1. The molecule has 2 rings (SSSR count). The number of carbonyl (C=O) groups excluding carboxylic acids is 2. The summed E-state index contributed by atoms with van der Waals surface area (Å²) < 4.78 is 0. The van der Waals surface area contributed by atoms with Crippen molar-refractivity contribution in [1.29, 1.82) is 0 Å². The van der Waals surface area contributed by atoms with Crippen molar-refractivity contribution in [3.05, 3.63) is 54.1 Å². The van der Waals surface area contributed by atoms with Gasteiger partial charge < -0.3 is 16.0 Å². The van der Waals surface area contributed by atoms with E-state index in [9.17, 15) is 9.59 Å². The Labute approximate surface area is 110 Å². The lowest BCUT2D eigenvalue weighted by atomic mass is 10.1. The summed E-state index contributed by atoms with van der Waals surface area (Å²) in [7, 11) is 0. The molecule has 1 heterocycles. The summed E-state index contributed by atoms with van der Waals surface area (Å²) in [5.74, 6) is -0.924. The molecule has 0 radical (unpaired) electrons. The molecule has 1 unspecified atom stereocenters. The zero-order valence-corrected chi connectivity index (χ0v) is 10.2. The molecule has 0 spiro atoms. The molecule has 0 saturated heterocycles. The molecule has 0 bridgehead atoms.